The molecule has 3 aliphatic rings. The van der Waals surface area contributed by atoms with Crippen molar-refractivity contribution >= 4 is 21.4 Å². The Bertz CT molecular complexity index is 1700. The molecule has 2 atom stereocenters. The van der Waals surface area contributed by atoms with Crippen LogP contribution < -0.4 is 15.4 Å². The van der Waals surface area contributed by atoms with E-state index in [1.165, 1.54) is 24.3 Å². The molecule has 1 aliphatic heterocycles. The quantitative estimate of drug-likeness (QED) is 0.358. The third kappa shape index (κ3) is 5.40. The minimum Gasteiger partial charge on any atom is -0.440 e. The van der Waals surface area contributed by atoms with E-state index in [0.717, 1.165) is 18.5 Å². The maximum Gasteiger partial charge on any atom is 0.573 e. The molecule has 6 rings (SSSR count). The summed E-state index contributed by atoms with van der Waals surface area (Å²) in [6, 6.07) is 15.0. The molecule has 2 saturated carbocycles. The Morgan fingerprint density at radius 1 is 1.02 bits per heavy atom. The third-order valence-electron chi connectivity index (χ3n) is 9.32. The number of amides is 1. The van der Waals surface area contributed by atoms with Gasteiger partial charge in [0.1, 0.15) is 17.2 Å². The summed E-state index contributed by atoms with van der Waals surface area (Å²) in [6.45, 7) is 0.767. The van der Waals surface area contributed by atoms with Crippen molar-refractivity contribution in [1.29, 1.82) is 5.26 Å². The van der Waals surface area contributed by atoms with Crippen molar-refractivity contribution in [2.24, 2.45) is 16.6 Å². The number of sulfone groups is 1. The number of benzene rings is 2. The van der Waals surface area contributed by atoms with E-state index in [-0.39, 0.29) is 23.1 Å². The van der Waals surface area contributed by atoms with E-state index >= 15 is 0 Å². The van der Waals surface area contributed by atoms with Crippen molar-refractivity contribution in [2.45, 2.75) is 50.8 Å². The number of carbonyl (C=O) groups excluding carboxylic acids is 1. The molecular weight excluding hydrogens is 597 g/mol. The van der Waals surface area contributed by atoms with Gasteiger partial charge in [-0.05, 0) is 62.1 Å². The van der Waals surface area contributed by atoms with Gasteiger partial charge in [-0.3, -0.25) is 4.79 Å². The molecule has 44 heavy (non-hydrogen) atoms. The maximum absolute atomic E-state index is 13.3. The van der Waals surface area contributed by atoms with E-state index in [1.807, 2.05) is 29.2 Å². The zero-order valence-electron chi connectivity index (χ0n) is 23.8. The first-order chi connectivity index (χ1) is 20.9. The van der Waals surface area contributed by atoms with Gasteiger partial charge in [0, 0.05) is 35.8 Å². The molecule has 2 unspecified atom stereocenters. The Morgan fingerprint density at radius 3 is 2.23 bits per heavy atom. The minimum atomic E-state index is -4.84. The fourth-order valence-electron chi connectivity index (χ4n) is 6.91. The molecule has 0 spiro atoms. The van der Waals surface area contributed by atoms with Gasteiger partial charge in [0.2, 0.25) is 11.8 Å². The number of nitriles is 1. The summed E-state index contributed by atoms with van der Waals surface area (Å²) in [5.41, 5.74) is 6.44. The lowest BCUT2D eigenvalue weighted by atomic mass is 9.56. The maximum atomic E-state index is 13.3. The number of anilines is 1. The number of nitrogens with two attached hydrogens (primary N) is 1. The number of aromatic nitrogens is 1. The predicted molar refractivity (Wildman–Crippen MR) is 155 cm³/mol. The molecule has 2 N–H and O–H groups in total. The lowest BCUT2D eigenvalue weighted by molar-refractivity contribution is -0.274. The fraction of sp³-hybridized carbons (Fsp3) is 0.452. The highest BCUT2D eigenvalue weighted by Gasteiger charge is 2.67. The number of ether oxygens (including phenoxy) is 1. The zero-order valence-corrected chi connectivity index (χ0v) is 24.6. The van der Waals surface area contributed by atoms with Crippen molar-refractivity contribution in [3.05, 3.63) is 54.3 Å². The molecule has 2 aromatic carbocycles. The van der Waals surface area contributed by atoms with Gasteiger partial charge in [-0.25, -0.2) is 13.4 Å². The van der Waals surface area contributed by atoms with Crippen molar-refractivity contribution in [1.82, 2.24) is 4.98 Å². The van der Waals surface area contributed by atoms with E-state index in [0.29, 0.717) is 61.4 Å². The van der Waals surface area contributed by atoms with Crippen LogP contribution in [0.5, 0.6) is 5.75 Å². The van der Waals surface area contributed by atoms with Gasteiger partial charge in [-0.1, -0.05) is 25.0 Å². The molecule has 232 valence electrons. The van der Waals surface area contributed by atoms with E-state index in [9.17, 15) is 31.6 Å². The molecule has 3 aromatic rings. The number of hydrogen-bond donors (Lipinski definition) is 1. The fourth-order valence-corrected chi connectivity index (χ4v) is 8.11. The molecule has 1 saturated heterocycles. The van der Waals surface area contributed by atoms with Crippen LogP contribution in [0.25, 0.3) is 22.7 Å². The summed E-state index contributed by atoms with van der Waals surface area (Å²) in [7, 11) is -3.04. The Kier molecular flexibility index (Phi) is 7.39. The monoisotopic (exact) mass is 628 g/mol. The van der Waals surface area contributed by atoms with Crippen molar-refractivity contribution in [3.8, 4) is 34.5 Å². The van der Waals surface area contributed by atoms with E-state index < -0.39 is 38.9 Å². The second-order valence-electron chi connectivity index (χ2n) is 11.8. The molecule has 2 heterocycles. The number of alkyl halides is 3. The first kappa shape index (κ1) is 30.0. The van der Waals surface area contributed by atoms with Crippen LogP contribution in [-0.2, 0) is 14.6 Å². The highest BCUT2D eigenvalue weighted by atomic mass is 32.2. The van der Waals surface area contributed by atoms with E-state index in [1.54, 1.807) is 0 Å². The Morgan fingerprint density at radius 2 is 1.66 bits per heavy atom. The second-order valence-corrected chi connectivity index (χ2v) is 14.1. The Labute approximate surface area is 252 Å². The standard InChI is InChI=1S/C31H31F3N4O5S/c32-31(33,34)43-23-10-6-21(7-11-23)27-37-25(20-4-8-22(9-5-20)38-15-17-44(40,41)18-16-38)26(42-27)24-3-1-2-12-30(24,28(36)39)29(19-35)13-14-29/h4-11,24H,1-3,12-18H2,(H2,36,39). The van der Waals surface area contributed by atoms with Crippen molar-refractivity contribution in [3.63, 3.8) is 0 Å². The number of primary amides is 1. The lowest BCUT2D eigenvalue weighted by Crippen LogP contribution is -2.50. The number of nitrogens with zero attached hydrogens (tertiary/aromatic N) is 3. The molecule has 3 fully saturated rings. The van der Waals surface area contributed by atoms with Crippen LogP contribution in [-0.4, -0.2) is 50.3 Å². The third-order valence-corrected chi connectivity index (χ3v) is 10.9. The van der Waals surface area contributed by atoms with Crippen molar-refractivity contribution < 1.29 is 35.5 Å². The Balaban J connectivity index is 1.42. The van der Waals surface area contributed by atoms with Crippen LogP contribution in [0, 0.1) is 22.2 Å². The number of carbonyl (C=O) groups is 1. The highest BCUT2D eigenvalue weighted by Crippen LogP contribution is 2.68. The molecule has 1 aromatic heterocycles. The normalized spacial score (nSPS) is 24.3. The van der Waals surface area contributed by atoms with Gasteiger partial charge in [-0.2, -0.15) is 5.26 Å². The topological polar surface area (TPSA) is 140 Å². The predicted octanol–water partition coefficient (Wildman–Crippen LogP) is 5.58. The van der Waals surface area contributed by atoms with Crippen LogP contribution in [0.1, 0.15) is 50.2 Å². The molecule has 9 nitrogen and oxygen atoms in total. The molecule has 2 aliphatic carbocycles. The SMILES string of the molecule is N#CC1(C2(C(N)=O)CCCCC2c2oc(-c3ccc(OC(F)(F)F)cc3)nc2-c2ccc(N3CCS(=O)(=O)CC3)cc2)CC1. The van der Waals surface area contributed by atoms with Gasteiger partial charge >= 0.3 is 6.36 Å². The molecule has 1 amide bonds. The molecule has 13 heteroatoms. The van der Waals surface area contributed by atoms with Gasteiger partial charge in [-0.15, -0.1) is 13.2 Å². The average molecular weight is 629 g/mol. The van der Waals surface area contributed by atoms with E-state index in [4.69, 9.17) is 15.1 Å². The first-order valence-corrected chi connectivity index (χ1v) is 16.3. The average Bonchev–Trinajstić information content (AvgIpc) is 3.68. The minimum absolute atomic E-state index is 0.0792. The Hall–Kier alpha value is -4.05. The highest BCUT2D eigenvalue weighted by molar-refractivity contribution is 7.91. The van der Waals surface area contributed by atoms with Crippen LogP contribution in [0.2, 0.25) is 0 Å². The number of hydrogen-bond acceptors (Lipinski definition) is 8. The number of halogens is 3. The number of rotatable bonds is 7. The van der Waals surface area contributed by atoms with Crippen LogP contribution in [0.4, 0.5) is 18.9 Å². The number of oxazole rings is 1. The summed E-state index contributed by atoms with van der Waals surface area (Å²) in [6.07, 6.45) is -1.21. The van der Waals surface area contributed by atoms with Gasteiger partial charge in [0.25, 0.3) is 0 Å². The summed E-state index contributed by atoms with van der Waals surface area (Å²) in [5.74, 6) is -0.761. The zero-order chi connectivity index (χ0) is 31.3. The van der Waals surface area contributed by atoms with Crippen LogP contribution >= 0.6 is 0 Å². The lowest BCUT2D eigenvalue weighted by Gasteiger charge is -2.44. The second kappa shape index (κ2) is 10.8. The van der Waals surface area contributed by atoms with Crippen molar-refractivity contribution in [2.75, 3.05) is 29.5 Å². The molecular formula is C31H31F3N4O5S. The summed E-state index contributed by atoms with van der Waals surface area (Å²) < 4.78 is 72.4. The van der Waals surface area contributed by atoms with Crippen LogP contribution in [0.15, 0.2) is 52.9 Å². The van der Waals surface area contributed by atoms with Gasteiger partial charge in [0.05, 0.1) is 28.4 Å². The molecule has 0 bridgehead atoms. The summed E-state index contributed by atoms with van der Waals surface area (Å²) in [4.78, 5) is 20.1. The van der Waals surface area contributed by atoms with Gasteiger partial charge in [0.15, 0.2) is 9.84 Å². The first-order valence-electron chi connectivity index (χ1n) is 14.5. The summed E-state index contributed by atoms with van der Waals surface area (Å²) >= 11 is 0. The van der Waals surface area contributed by atoms with E-state index in [2.05, 4.69) is 10.8 Å². The van der Waals surface area contributed by atoms with Gasteiger partial charge < -0.3 is 19.8 Å². The molecule has 0 radical (unpaired) electrons. The van der Waals surface area contributed by atoms with Crippen LogP contribution in [0.3, 0.4) is 0 Å². The smallest absolute Gasteiger partial charge is 0.440 e. The summed E-state index contributed by atoms with van der Waals surface area (Å²) in [5, 5.41) is 10.2. The largest absolute Gasteiger partial charge is 0.573 e.